The van der Waals surface area contributed by atoms with Gasteiger partial charge in [-0.1, -0.05) is 11.6 Å². The number of carboxylic acid groups (broad SMARTS) is 1. The van der Waals surface area contributed by atoms with Gasteiger partial charge in [0.1, 0.15) is 16.4 Å². The highest BCUT2D eigenvalue weighted by molar-refractivity contribution is 6.33. The van der Waals surface area contributed by atoms with Crippen molar-refractivity contribution in [2.75, 3.05) is 0 Å². The summed E-state index contributed by atoms with van der Waals surface area (Å²) in [5.74, 6) is -1.11. The Bertz CT molecular complexity index is 558. The Morgan fingerprint density at radius 2 is 2.31 bits per heavy atom. The first-order valence-electron chi connectivity index (χ1n) is 4.48. The van der Waals surface area contributed by atoms with Crippen molar-refractivity contribution in [1.29, 1.82) is 0 Å². The molecule has 2 aromatic rings. The number of halogens is 1. The highest BCUT2D eigenvalue weighted by Gasteiger charge is 2.22. The zero-order valence-electron chi connectivity index (χ0n) is 8.65. The molecule has 6 nitrogen and oxygen atoms in total. The number of carbonyl (C=O) groups is 1. The maximum absolute atomic E-state index is 11.0. The van der Waals surface area contributed by atoms with Crippen LogP contribution in [-0.4, -0.2) is 31.1 Å². The summed E-state index contributed by atoms with van der Waals surface area (Å²) in [4.78, 5) is 11.0. The number of H-pyrrole nitrogens is 1. The molecular weight excluding hydrogens is 232 g/mol. The minimum absolute atomic E-state index is 0.0192. The number of nitrogens with one attached hydrogen (secondary N) is 1. The minimum atomic E-state index is -1.11. The van der Waals surface area contributed by atoms with Crippen molar-refractivity contribution in [2.24, 2.45) is 7.05 Å². The normalized spacial score (nSPS) is 10.7. The lowest BCUT2D eigenvalue weighted by molar-refractivity contribution is 0.0698. The van der Waals surface area contributed by atoms with Crippen LogP contribution in [0.2, 0.25) is 5.15 Å². The zero-order valence-corrected chi connectivity index (χ0v) is 9.41. The van der Waals surface area contributed by atoms with Crippen LogP contribution in [-0.2, 0) is 7.05 Å². The van der Waals surface area contributed by atoms with E-state index in [0.29, 0.717) is 11.3 Å². The van der Waals surface area contributed by atoms with Gasteiger partial charge < -0.3 is 5.11 Å². The molecule has 0 amide bonds. The average Bonchev–Trinajstić information content (AvgIpc) is 2.72. The number of aromatic amines is 1. The molecule has 84 valence electrons. The van der Waals surface area contributed by atoms with Crippen molar-refractivity contribution in [3.8, 4) is 11.3 Å². The van der Waals surface area contributed by atoms with E-state index in [4.69, 9.17) is 16.7 Å². The standard InChI is InChI=1S/C9H9ClN4O2/c1-4-5(3-11-14(4)2)7-6(9(15)16)8(10)13-12-7/h3H,1-2H3,(H,12,13)(H,15,16). The first kappa shape index (κ1) is 10.7. The molecule has 0 unspecified atom stereocenters. The van der Waals surface area contributed by atoms with Crippen molar-refractivity contribution in [3.63, 3.8) is 0 Å². The predicted molar refractivity (Wildman–Crippen MR) is 57.5 cm³/mol. The Hall–Kier alpha value is -1.82. The van der Waals surface area contributed by atoms with Gasteiger partial charge in [0.2, 0.25) is 0 Å². The van der Waals surface area contributed by atoms with Gasteiger partial charge in [-0.15, -0.1) is 0 Å². The molecule has 16 heavy (non-hydrogen) atoms. The lowest BCUT2D eigenvalue weighted by atomic mass is 10.1. The van der Waals surface area contributed by atoms with Crippen molar-refractivity contribution < 1.29 is 9.90 Å². The van der Waals surface area contributed by atoms with Gasteiger partial charge in [0, 0.05) is 18.3 Å². The Morgan fingerprint density at radius 3 is 2.81 bits per heavy atom. The van der Waals surface area contributed by atoms with Gasteiger partial charge in [-0.05, 0) is 6.92 Å². The third kappa shape index (κ3) is 1.47. The number of hydrogen-bond acceptors (Lipinski definition) is 3. The third-order valence-corrected chi connectivity index (χ3v) is 2.70. The lowest BCUT2D eigenvalue weighted by Gasteiger charge is -1.98. The van der Waals surface area contributed by atoms with Crippen LogP contribution in [0.4, 0.5) is 0 Å². The van der Waals surface area contributed by atoms with Crippen LogP contribution in [0.3, 0.4) is 0 Å². The second-order valence-electron chi connectivity index (χ2n) is 3.33. The maximum atomic E-state index is 11.0. The number of rotatable bonds is 2. The first-order valence-corrected chi connectivity index (χ1v) is 4.86. The molecule has 0 saturated carbocycles. The highest BCUT2D eigenvalue weighted by atomic mass is 35.5. The summed E-state index contributed by atoms with van der Waals surface area (Å²) in [5, 5.41) is 19.4. The molecule has 0 saturated heterocycles. The summed E-state index contributed by atoms with van der Waals surface area (Å²) in [6.07, 6.45) is 1.56. The number of nitrogens with zero attached hydrogens (tertiary/aromatic N) is 3. The van der Waals surface area contributed by atoms with E-state index < -0.39 is 5.97 Å². The first-order chi connectivity index (χ1) is 7.52. The monoisotopic (exact) mass is 240 g/mol. The third-order valence-electron chi connectivity index (χ3n) is 2.43. The molecule has 0 atom stereocenters. The Kier molecular flexibility index (Phi) is 2.43. The Labute approximate surface area is 95.8 Å². The largest absolute Gasteiger partial charge is 0.478 e. The topological polar surface area (TPSA) is 83.8 Å². The Morgan fingerprint density at radius 1 is 1.62 bits per heavy atom. The smallest absolute Gasteiger partial charge is 0.341 e. The van der Waals surface area contributed by atoms with E-state index in [-0.39, 0.29) is 10.7 Å². The van der Waals surface area contributed by atoms with Crippen LogP contribution < -0.4 is 0 Å². The molecule has 0 aliphatic carbocycles. The van der Waals surface area contributed by atoms with Gasteiger partial charge in [-0.25, -0.2) is 4.79 Å². The summed E-state index contributed by atoms with van der Waals surface area (Å²) in [6.45, 7) is 1.83. The number of hydrogen-bond donors (Lipinski definition) is 2. The van der Waals surface area contributed by atoms with Gasteiger partial charge in [0.15, 0.2) is 0 Å². The molecule has 0 bridgehead atoms. The number of aromatic carboxylic acids is 1. The molecule has 0 aliphatic heterocycles. The van der Waals surface area contributed by atoms with Crippen LogP contribution in [0.1, 0.15) is 16.1 Å². The molecule has 0 radical (unpaired) electrons. The van der Waals surface area contributed by atoms with Crippen molar-refractivity contribution >= 4 is 17.6 Å². The van der Waals surface area contributed by atoms with Crippen LogP contribution in [0.25, 0.3) is 11.3 Å². The SMILES string of the molecule is Cc1c(-c2n[nH]c(Cl)c2C(=O)O)cnn1C. The summed E-state index contributed by atoms with van der Waals surface area (Å²) in [7, 11) is 1.77. The fourth-order valence-electron chi connectivity index (χ4n) is 1.44. The molecule has 0 fully saturated rings. The van der Waals surface area contributed by atoms with Crippen molar-refractivity contribution in [2.45, 2.75) is 6.92 Å². The minimum Gasteiger partial charge on any atom is -0.478 e. The molecule has 2 rings (SSSR count). The maximum Gasteiger partial charge on any atom is 0.341 e. The number of aryl methyl sites for hydroxylation is 1. The summed E-state index contributed by atoms with van der Waals surface area (Å²) < 4.78 is 1.64. The van der Waals surface area contributed by atoms with Gasteiger partial charge in [0.25, 0.3) is 0 Å². The summed E-state index contributed by atoms with van der Waals surface area (Å²) in [6, 6.07) is 0. The zero-order chi connectivity index (χ0) is 11.9. The van der Waals surface area contributed by atoms with E-state index in [9.17, 15) is 4.79 Å². The van der Waals surface area contributed by atoms with E-state index in [1.807, 2.05) is 6.92 Å². The summed E-state index contributed by atoms with van der Waals surface area (Å²) in [5.41, 5.74) is 1.76. The molecule has 2 aromatic heterocycles. The van der Waals surface area contributed by atoms with Crippen LogP contribution in [0.5, 0.6) is 0 Å². The molecule has 2 heterocycles. The molecule has 0 aliphatic rings. The van der Waals surface area contributed by atoms with Gasteiger partial charge in [-0.2, -0.15) is 10.2 Å². The second-order valence-corrected chi connectivity index (χ2v) is 3.71. The molecule has 0 spiro atoms. The van der Waals surface area contributed by atoms with Gasteiger partial charge >= 0.3 is 5.97 Å². The quantitative estimate of drug-likeness (QED) is 0.833. The van der Waals surface area contributed by atoms with E-state index in [1.165, 1.54) is 0 Å². The van der Waals surface area contributed by atoms with Crippen LogP contribution in [0, 0.1) is 6.92 Å². The van der Waals surface area contributed by atoms with E-state index in [1.54, 1.807) is 17.9 Å². The fourth-order valence-corrected chi connectivity index (χ4v) is 1.65. The molecule has 0 aromatic carbocycles. The predicted octanol–water partition coefficient (Wildman–Crippen LogP) is 1.47. The van der Waals surface area contributed by atoms with E-state index in [2.05, 4.69) is 15.3 Å². The van der Waals surface area contributed by atoms with Gasteiger partial charge in [-0.3, -0.25) is 9.78 Å². The van der Waals surface area contributed by atoms with Crippen LogP contribution in [0.15, 0.2) is 6.20 Å². The van der Waals surface area contributed by atoms with Crippen molar-refractivity contribution in [1.82, 2.24) is 20.0 Å². The van der Waals surface area contributed by atoms with E-state index in [0.717, 1.165) is 5.69 Å². The summed E-state index contributed by atoms with van der Waals surface area (Å²) >= 11 is 5.72. The molecule has 7 heteroatoms. The Balaban J connectivity index is 2.65. The molecule has 2 N–H and O–H groups in total. The van der Waals surface area contributed by atoms with E-state index >= 15 is 0 Å². The van der Waals surface area contributed by atoms with Gasteiger partial charge in [0.05, 0.1) is 6.20 Å². The number of carboxylic acids is 1. The molecular formula is C9H9ClN4O2. The van der Waals surface area contributed by atoms with Crippen LogP contribution >= 0.6 is 11.6 Å². The highest BCUT2D eigenvalue weighted by Crippen LogP contribution is 2.28. The number of aromatic nitrogens is 4. The second kappa shape index (κ2) is 3.64. The van der Waals surface area contributed by atoms with Crippen molar-refractivity contribution in [3.05, 3.63) is 22.6 Å². The fraction of sp³-hybridized carbons (Fsp3) is 0.222. The average molecular weight is 241 g/mol. The lowest BCUT2D eigenvalue weighted by Crippen LogP contribution is -1.99.